The van der Waals surface area contributed by atoms with Crippen molar-refractivity contribution in [1.82, 2.24) is 9.97 Å². The average Bonchev–Trinajstić information content (AvgIpc) is 2.01. The van der Waals surface area contributed by atoms with Crippen molar-refractivity contribution in [1.29, 1.82) is 0 Å². The van der Waals surface area contributed by atoms with E-state index in [1.807, 2.05) is 0 Å². The number of aromatic nitrogens is 2. The van der Waals surface area contributed by atoms with Crippen molar-refractivity contribution < 1.29 is 5.11 Å². The molecule has 0 spiro atoms. The van der Waals surface area contributed by atoms with Crippen LogP contribution in [0.25, 0.3) is 0 Å². The van der Waals surface area contributed by atoms with E-state index in [-0.39, 0.29) is 5.75 Å². The molecule has 1 aromatic heterocycles. The predicted octanol–water partition coefficient (Wildman–Crippen LogP) is 1.75. The first kappa shape index (κ1) is 8.97. The molecule has 66 valence electrons. The lowest BCUT2D eigenvalue weighted by Crippen LogP contribution is -1.99. The first-order valence-electron chi connectivity index (χ1n) is 4.18. The summed E-state index contributed by atoms with van der Waals surface area (Å²) < 4.78 is 0. The van der Waals surface area contributed by atoms with Crippen molar-refractivity contribution in [3.63, 3.8) is 0 Å². The van der Waals surface area contributed by atoms with Crippen LogP contribution in [0.15, 0.2) is 0 Å². The van der Waals surface area contributed by atoms with Crippen LogP contribution in [-0.2, 0) is 6.42 Å². The minimum absolute atomic E-state index is 0.217. The Hall–Kier alpha value is -1.12. The Morgan fingerprint density at radius 3 is 2.08 bits per heavy atom. The number of aryl methyl sites for hydroxylation is 3. The molecule has 0 unspecified atom stereocenters. The van der Waals surface area contributed by atoms with Gasteiger partial charge in [0.15, 0.2) is 5.75 Å². The third-order valence-corrected chi connectivity index (χ3v) is 1.75. The molecule has 0 fully saturated rings. The molecule has 1 rings (SSSR count). The van der Waals surface area contributed by atoms with Crippen LogP contribution in [0, 0.1) is 13.8 Å². The molecule has 0 saturated carbocycles. The van der Waals surface area contributed by atoms with Crippen LogP contribution in [0.1, 0.15) is 30.6 Å². The van der Waals surface area contributed by atoms with E-state index < -0.39 is 0 Å². The van der Waals surface area contributed by atoms with Crippen LogP contribution in [0.2, 0.25) is 0 Å². The summed E-state index contributed by atoms with van der Waals surface area (Å²) in [5, 5.41) is 9.37. The predicted molar refractivity (Wildman–Crippen MR) is 47.2 cm³/mol. The van der Waals surface area contributed by atoms with Gasteiger partial charge in [-0.15, -0.1) is 0 Å². The van der Waals surface area contributed by atoms with Gasteiger partial charge in [-0.25, -0.2) is 9.97 Å². The molecule has 0 atom stereocenters. The average molecular weight is 166 g/mol. The van der Waals surface area contributed by atoms with Gasteiger partial charge in [0.2, 0.25) is 0 Å². The number of nitrogens with zero attached hydrogens (tertiary/aromatic N) is 2. The standard InChI is InChI=1S/C9H14N2O/c1-4-5-8-10-6(2)9(12)7(3)11-8/h12H,4-5H2,1-3H3. The molecule has 1 N–H and O–H groups in total. The van der Waals surface area contributed by atoms with Crippen LogP contribution in [-0.4, -0.2) is 15.1 Å². The molecule has 0 radical (unpaired) electrons. The lowest BCUT2D eigenvalue weighted by molar-refractivity contribution is 0.457. The Morgan fingerprint density at radius 1 is 1.17 bits per heavy atom. The van der Waals surface area contributed by atoms with Crippen molar-refractivity contribution in [3.8, 4) is 5.75 Å². The fraction of sp³-hybridized carbons (Fsp3) is 0.556. The Kier molecular flexibility index (Phi) is 2.63. The fourth-order valence-electron chi connectivity index (χ4n) is 1.12. The molecule has 12 heavy (non-hydrogen) atoms. The quantitative estimate of drug-likeness (QED) is 0.728. The van der Waals surface area contributed by atoms with Crippen molar-refractivity contribution in [3.05, 3.63) is 17.2 Å². The third kappa shape index (κ3) is 1.72. The SMILES string of the molecule is CCCc1nc(C)c(O)c(C)n1. The van der Waals surface area contributed by atoms with E-state index in [9.17, 15) is 5.11 Å². The summed E-state index contributed by atoms with van der Waals surface area (Å²) in [5.41, 5.74) is 1.34. The second kappa shape index (κ2) is 3.52. The van der Waals surface area contributed by atoms with Gasteiger partial charge in [0.05, 0.1) is 11.4 Å². The van der Waals surface area contributed by atoms with Gasteiger partial charge in [-0.1, -0.05) is 6.92 Å². The van der Waals surface area contributed by atoms with E-state index in [0.29, 0.717) is 11.4 Å². The Bertz CT molecular complexity index is 261. The summed E-state index contributed by atoms with van der Waals surface area (Å²) in [7, 11) is 0. The minimum Gasteiger partial charge on any atom is -0.504 e. The molecular weight excluding hydrogens is 152 g/mol. The van der Waals surface area contributed by atoms with Crippen molar-refractivity contribution in [2.75, 3.05) is 0 Å². The Morgan fingerprint density at radius 2 is 1.67 bits per heavy atom. The summed E-state index contributed by atoms with van der Waals surface area (Å²) in [6.07, 6.45) is 1.91. The first-order valence-corrected chi connectivity index (χ1v) is 4.18. The Labute approximate surface area is 72.5 Å². The van der Waals surface area contributed by atoms with Gasteiger partial charge in [0.25, 0.3) is 0 Å². The highest BCUT2D eigenvalue weighted by Crippen LogP contribution is 2.17. The summed E-state index contributed by atoms with van der Waals surface area (Å²) in [4.78, 5) is 8.32. The maximum Gasteiger partial charge on any atom is 0.158 e. The minimum atomic E-state index is 0.217. The zero-order chi connectivity index (χ0) is 9.14. The van der Waals surface area contributed by atoms with Crippen LogP contribution in [0.4, 0.5) is 0 Å². The number of hydrogen-bond donors (Lipinski definition) is 1. The van der Waals surface area contributed by atoms with Gasteiger partial charge in [0, 0.05) is 6.42 Å². The molecule has 3 nitrogen and oxygen atoms in total. The molecule has 0 amide bonds. The zero-order valence-electron chi connectivity index (χ0n) is 7.76. The summed E-state index contributed by atoms with van der Waals surface area (Å²) in [6.45, 7) is 5.67. The third-order valence-electron chi connectivity index (χ3n) is 1.75. The van der Waals surface area contributed by atoms with Crippen molar-refractivity contribution >= 4 is 0 Å². The largest absolute Gasteiger partial charge is 0.504 e. The van der Waals surface area contributed by atoms with Crippen molar-refractivity contribution in [2.24, 2.45) is 0 Å². The molecule has 0 aliphatic rings. The topological polar surface area (TPSA) is 46.0 Å². The maximum absolute atomic E-state index is 9.37. The number of aromatic hydroxyl groups is 1. The molecule has 1 heterocycles. The van der Waals surface area contributed by atoms with Crippen LogP contribution < -0.4 is 0 Å². The van der Waals surface area contributed by atoms with Crippen LogP contribution in [0.5, 0.6) is 5.75 Å². The van der Waals surface area contributed by atoms with E-state index in [4.69, 9.17) is 0 Å². The lowest BCUT2D eigenvalue weighted by Gasteiger charge is -2.04. The summed E-state index contributed by atoms with van der Waals surface area (Å²) in [5.74, 6) is 1.04. The monoisotopic (exact) mass is 166 g/mol. The second-order valence-corrected chi connectivity index (χ2v) is 2.91. The van der Waals surface area contributed by atoms with Gasteiger partial charge in [-0.2, -0.15) is 0 Å². The zero-order valence-corrected chi connectivity index (χ0v) is 7.76. The van der Waals surface area contributed by atoms with Gasteiger partial charge >= 0.3 is 0 Å². The molecule has 1 aromatic rings. The summed E-state index contributed by atoms with van der Waals surface area (Å²) >= 11 is 0. The molecule has 0 aliphatic carbocycles. The van der Waals surface area contributed by atoms with Crippen molar-refractivity contribution in [2.45, 2.75) is 33.6 Å². The normalized spacial score (nSPS) is 10.2. The lowest BCUT2D eigenvalue weighted by atomic mass is 10.2. The summed E-state index contributed by atoms with van der Waals surface area (Å²) in [6, 6.07) is 0. The molecule has 0 aliphatic heterocycles. The van der Waals surface area contributed by atoms with Gasteiger partial charge in [-0.3, -0.25) is 0 Å². The van der Waals surface area contributed by atoms with Crippen LogP contribution in [0.3, 0.4) is 0 Å². The molecule has 0 bridgehead atoms. The van der Waals surface area contributed by atoms with E-state index in [1.165, 1.54) is 0 Å². The fourth-order valence-corrected chi connectivity index (χ4v) is 1.12. The molecule has 0 aromatic carbocycles. The van der Waals surface area contributed by atoms with E-state index in [2.05, 4.69) is 16.9 Å². The molecular formula is C9H14N2O. The first-order chi connectivity index (χ1) is 5.65. The van der Waals surface area contributed by atoms with Gasteiger partial charge in [0.1, 0.15) is 5.82 Å². The van der Waals surface area contributed by atoms with E-state index >= 15 is 0 Å². The van der Waals surface area contributed by atoms with Crippen LogP contribution >= 0.6 is 0 Å². The Balaban J connectivity index is 3.04. The highest BCUT2D eigenvalue weighted by Gasteiger charge is 2.05. The van der Waals surface area contributed by atoms with Gasteiger partial charge < -0.3 is 5.11 Å². The van der Waals surface area contributed by atoms with Gasteiger partial charge in [-0.05, 0) is 20.3 Å². The molecule has 0 saturated heterocycles. The highest BCUT2D eigenvalue weighted by molar-refractivity contribution is 5.29. The van der Waals surface area contributed by atoms with E-state index in [1.54, 1.807) is 13.8 Å². The number of hydrogen-bond acceptors (Lipinski definition) is 3. The van der Waals surface area contributed by atoms with E-state index in [0.717, 1.165) is 18.7 Å². The number of rotatable bonds is 2. The highest BCUT2D eigenvalue weighted by atomic mass is 16.3. The maximum atomic E-state index is 9.37. The smallest absolute Gasteiger partial charge is 0.158 e. The molecule has 3 heteroatoms. The second-order valence-electron chi connectivity index (χ2n) is 2.91.